The van der Waals surface area contributed by atoms with Gasteiger partial charge in [0.15, 0.2) is 4.34 Å². The maximum atomic E-state index is 5.16. The van der Waals surface area contributed by atoms with Crippen molar-refractivity contribution < 1.29 is 0 Å². The van der Waals surface area contributed by atoms with E-state index in [0.717, 1.165) is 4.34 Å². The lowest BCUT2D eigenvalue weighted by Gasteiger charge is -1.96. The Balaban J connectivity index is 0.000000181. The molecule has 0 aliphatic heterocycles. The molecular formula is C13H18N2S2. The normalized spacial score (nSPS) is 9.53. The molecule has 0 radical (unpaired) electrons. The minimum Gasteiger partial charge on any atom is -0.272 e. The Morgan fingerprint density at radius 2 is 2.06 bits per heavy atom. The van der Waals surface area contributed by atoms with Crippen molar-refractivity contribution in [1.82, 2.24) is 4.98 Å². The van der Waals surface area contributed by atoms with Crippen LogP contribution in [0.4, 0.5) is 0 Å². The lowest BCUT2D eigenvalue weighted by atomic mass is 10.1. The quantitative estimate of drug-likeness (QED) is 0.845. The van der Waals surface area contributed by atoms with Crippen LogP contribution in [0, 0.1) is 0 Å². The Kier molecular flexibility index (Phi) is 7.71. The Hall–Kier alpha value is -0.840. The summed E-state index contributed by atoms with van der Waals surface area (Å²) in [5.41, 5.74) is 1.46. The predicted molar refractivity (Wildman–Crippen MR) is 77.2 cm³/mol. The lowest BCUT2D eigenvalue weighted by molar-refractivity contribution is 0.795. The molecule has 0 unspecified atom stereocenters. The summed E-state index contributed by atoms with van der Waals surface area (Å²) in [4.78, 5) is 3.89. The van der Waals surface area contributed by atoms with E-state index < -0.39 is 0 Å². The molecule has 0 spiro atoms. The van der Waals surface area contributed by atoms with Crippen molar-refractivity contribution in [3.63, 3.8) is 0 Å². The van der Waals surface area contributed by atoms with Crippen molar-refractivity contribution in [3.8, 4) is 0 Å². The molecule has 1 aromatic heterocycles. The van der Waals surface area contributed by atoms with Gasteiger partial charge in [-0.05, 0) is 30.4 Å². The Bertz CT molecular complexity index is 374. The number of hydrogen-bond donors (Lipinski definition) is 1. The standard InChI is InChI=1S/C10H14.C3H4N2S2/c1-2-3-7-10-8-5-4-6-9-10;4-7-3-5-1-2-6-3/h4-6,8-9H,2-3,7H2,1H3;1-2H,4H2. The number of nitrogens with zero attached hydrogens (tertiary/aromatic N) is 1. The third-order valence-electron chi connectivity index (χ3n) is 2.17. The first-order valence-electron chi connectivity index (χ1n) is 5.67. The molecule has 0 fully saturated rings. The molecule has 2 N–H and O–H groups in total. The Morgan fingerprint density at radius 1 is 1.29 bits per heavy atom. The molecular weight excluding hydrogens is 248 g/mol. The van der Waals surface area contributed by atoms with Crippen molar-refractivity contribution in [1.29, 1.82) is 0 Å². The van der Waals surface area contributed by atoms with E-state index in [1.165, 1.54) is 36.8 Å². The van der Waals surface area contributed by atoms with Gasteiger partial charge in [-0.2, -0.15) is 0 Å². The first-order valence-corrected chi connectivity index (χ1v) is 7.43. The van der Waals surface area contributed by atoms with Gasteiger partial charge >= 0.3 is 0 Å². The fraction of sp³-hybridized carbons (Fsp3) is 0.308. The molecule has 2 aromatic rings. The minimum atomic E-state index is 0.917. The molecule has 1 aromatic carbocycles. The number of thiazole rings is 1. The topological polar surface area (TPSA) is 38.9 Å². The molecule has 0 aliphatic carbocycles. The minimum absolute atomic E-state index is 0.917. The van der Waals surface area contributed by atoms with Crippen LogP contribution in [0.5, 0.6) is 0 Å². The second-order valence-electron chi connectivity index (χ2n) is 3.51. The van der Waals surface area contributed by atoms with Crippen molar-refractivity contribution in [2.75, 3.05) is 0 Å². The first-order chi connectivity index (χ1) is 8.36. The first kappa shape index (κ1) is 14.2. The molecule has 0 saturated carbocycles. The fourth-order valence-corrected chi connectivity index (χ4v) is 2.16. The van der Waals surface area contributed by atoms with Crippen molar-refractivity contribution in [2.24, 2.45) is 5.14 Å². The molecule has 4 heteroatoms. The molecule has 0 saturated heterocycles. The van der Waals surface area contributed by atoms with Crippen LogP contribution in [0.15, 0.2) is 46.2 Å². The number of aromatic nitrogens is 1. The molecule has 0 atom stereocenters. The second kappa shape index (κ2) is 9.22. The van der Waals surface area contributed by atoms with Crippen LogP contribution in [0.25, 0.3) is 0 Å². The third-order valence-corrected chi connectivity index (χ3v) is 3.62. The van der Waals surface area contributed by atoms with Crippen molar-refractivity contribution in [3.05, 3.63) is 47.5 Å². The van der Waals surface area contributed by atoms with Gasteiger partial charge in [0.25, 0.3) is 0 Å². The van der Waals surface area contributed by atoms with Gasteiger partial charge in [-0.25, -0.2) is 4.98 Å². The zero-order valence-corrected chi connectivity index (χ0v) is 11.6. The average molecular weight is 266 g/mol. The smallest absolute Gasteiger partial charge is 0.164 e. The summed E-state index contributed by atoms with van der Waals surface area (Å²) in [6.45, 7) is 2.23. The van der Waals surface area contributed by atoms with E-state index in [9.17, 15) is 0 Å². The van der Waals surface area contributed by atoms with Gasteiger partial charge in [-0.3, -0.25) is 5.14 Å². The largest absolute Gasteiger partial charge is 0.272 e. The zero-order chi connectivity index (χ0) is 12.3. The zero-order valence-electron chi connectivity index (χ0n) is 10.0. The van der Waals surface area contributed by atoms with Gasteiger partial charge in [0.2, 0.25) is 0 Å². The van der Waals surface area contributed by atoms with E-state index in [2.05, 4.69) is 42.2 Å². The molecule has 92 valence electrons. The highest BCUT2D eigenvalue weighted by Gasteiger charge is 1.87. The van der Waals surface area contributed by atoms with E-state index in [1.807, 2.05) is 5.38 Å². The molecule has 0 amide bonds. The summed E-state index contributed by atoms with van der Waals surface area (Å²) < 4.78 is 0.917. The SMILES string of the molecule is CCCCc1ccccc1.NSc1nccs1. The summed E-state index contributed by atoms with van der Waals surface area (Å²) in [6.07, 6.45) is 5.57. The van der Waals surface area contributed by atoms with E-state index in [4.69, 9.17) is 5.14 Å². The Morgan fingerprint density at radius 3 is 2.53 bits per heavy atom. The highest BCUT2D eigenvalue weighted by Crippen LogP contribution is 2.12. The van der Waals surface area contributed by atoms with Crippen LogP contribution < -0.4 is 5.14 Å². The molecule has 1 heterocycles. The number of unbranched alkanes of at least 4 members (excludes halogenated alkanes) is 1. The maximum Gasteiger partial charge on any atom is 0.164 e. The summed E-state index contributed by atoms with van der Waals surface area (Å²) in [5.74, 6) is 0. The number of rotatable bonds is 4. The van der Waals surface area contributed by atoms with Gasteiger partial charge < -0.3 is 0 Å². The molecule has 0 aliphatic rings. The van der Waals surface area contributed by atoms with E-state index in [-0.39, 0.29) is 0 Å². The van der Waals surface area contributed by atoms with Crippen LogP contribution in [0.2, 0.25) is 0 Å². The summed E-state index contributed by atoms with van der Waals surface area (Å²) in [5, 5.41) is 7.06. The number of benzene rings is 1. The fourth-order valence-electron chi connectivity index (χ4n) is 1.29. The van der Waals surface area contributed by atoms with E-state index in [0.29, 0.717) is 0 Å². The predicted octanol–water partition coefficient (Wildman–Crippen LogP) is 4.14. The molecule has 2 nitrogen and oxygen atoms in total. The van der Waals surface area contributed by atoms with Crippen molar-refractivity contribution >= 4 is 23.3 Å². The summed E-state index contributed by atoms with van der Waals surface area (Å²) >= 11 is 2.73. The van der Waals surface area contributed by atoms with Crippen LogP contribution in [-0.2, 0) is 6.42 Å². The molecule has 17 heavy (non-hydrogen) atoms. The van der Waals surface area contributed by atoms with Crippen LogP contribution in [0.3, 0.4) is 0 Å². The van der Waals surface area contributed by atoms with Crippen LogP contribution in [0.1, 0.15) is 25.3 Å². The Labute approximate surface area is 111 Å². The van der Waals surface area contributed by atoms with Gasteiger partial charge in [0.1, 0.15) is 0 Å². The van der Waals surface area contributed by atoms with Gasteiger partial charge in [0.05, 0.1) is 0 Å². The van der Waals surface area contributed by atoms with Gasteiger partial charge in [-0.15, -0.1) is 11.3 Å². The summed E-state index contributed by atoms with van der Waals surface area (Å²) in [6, 6.07) is 10.6. The van der Waals surface area contributed by atoms with E-state index >= 15 is 0 Å². The second-order valence-corrected chi connectivity index (χ2v) is 5.28. The van der Waals surface area contributed by atoms with Crippen LogP contribution >= 0.6 is 23.3 Å². The maximum absolute atomic E-state index is 5.16. The number of aryl methyl sites for hydroxylation is 1. The monoisotopic (exact) mass is 266 g/mol. The third kappa shape index (κ3) is 6.46. The van der Waals surface area contributed by atoms with Crippen LogP contribution in [-0.4, -0.2) is 4.98 Å². The summed E-state index contributed by atoms with van der Waals surface area (Å²) in [7, 11) is 0. The molecule has 2 rings (SSSR count). The van der Waals surface area contributed by atoms with E-state index in [1.54, 1.807) is 17.5 Å². The highest BCUT2D eigenvalue weighted by molar-refractivity contribution is 7.98. The lowest BCUT2D eigenvalue weighted by Crippen LogP contribution is -1.81. The van der Waals surface area contributed by atoms with Gasteiger partial charge in [-0.1, -0.05) is 43.7 Å². The van der Waals surface area contributed by atoms with Crippen molar-refractivity contribution in [2.45, 2.75) is 30.5 Å². The highest BCUT2D eigenvalue weighted by atomic mass is 32.2. The number of nitrogens with two attached hydrogens (primary N) is 1. The molecule has 0 bridgehead atoms. The van der Waals surface area contributed by atoms with Gasteiger partial charge in [0, 0.05) is 11.6 Å². The number of hydrogen-bond acceptors (Lipinski definition) is 4. The average Bonchev–Trinajstić information content (AvgIpc) is 2.91.